The van der Waals surface area contributed by atoms with Crippen molar-refractivity contribution in [3.8, 4) is 11.5 Å². The van der Waals surface area contributed by atoms with Gasteiger partial charge < -0.3 is 18.6 Å². The van der Waals surface area contributed by atoms with E-state index in [2.05, 4.69) is 4.98 Å². The summed E-state index contributed by atoms with van der Waals surface area (Å²) in [4.78, 5) is 16.9. The Kier molecular flexibility index (Phi) is 5.41. The lowest BCUT2D eigenvalue weighted by Gasteiger charge is -2.12. The molecular formula is C20H22N2O4. The van der Waals surface area contributed by atoms with Crippen molar-refractivity contribution in [1.82, 2.24) is 9.38 Å². The standard InChI is InChI=1S/C20H22N2O4/c1-4-24-17-9-8-15(11-18(17)25-5-2)20(23)26-13-16-12-22-10-6-7-14(3)19(22)21-16/h6-12H,4-5,13H2,1-3H3. The normalized spacial score (nSPS) is 10.7. The topological polar surface area (TPSA) is 62.1 Å². The van der Waals surface area contributed by atoms with Gasteiger partial charge >= 0.3 is 5.97 Å². The minimum atomic E-state index is -0.428. The number of ether oxygens (including phenoxy) is 3. The molecule has 0 radical (unpaired) electrons. The largest absolute Gasteiger partial charge is 0.490 e. The summed E-state index contributed by atoms with van der Waals surface area (Å²) < 4.78 is 18.4. The number of aromatic nitrogens is 2. The molecule has 3 aromatic rings. The number of aryl methyl sites for hydroxylation is 1. The predicted molar refractivity (Wildman–Crippen MR) is 97.8 cm³/mol. The highest BCUT2D eigenvalue weighted by Crippen LogP contribution is 2.29. The number of nitrogens with zero attached hydrogens (tertiary/aromatic N) is 2. The molecule has 0 aliphatic rings. The van der Waals surface area contributed by atoms with Gasteiger partial charge in [-0.3, -0.25) is 0 Å². The Morgan fingerprint density at radius 2 is 1.88 bits per heavy atom. The van der Waals surface area contributed by atoms with Crippen molar-refractivity contribution in [1.29, 1.82) is 0 Å². The first-order valence-corrected chi connectivity index (χ1v) is 8.62. The van der Waals surface area contributed by atoms with Gasteiger partial charge in [0.25, 0.3) is 0 Å². The molecule has 0 fully saturated rings. The van der Waals surface area contributed by atoms with Crippen LogP contribution in [-0.2, 0) is 11.3 Å². The summed E-state index contributed by atoms with van der Waals surface area (Å²) in [6, 6.07) is 8.98. The molecule has 0 N–H and O–H groups in total. The molecule has 0 spiro atoms. The Balaban J connectivity index is 1.72. The summed E-state index contributed by atoms with van der Waals surface area (Å²) in [6.45, 7) is 6.89. The highest BCUT2D eigenvalue weighted by Gasteiger charge is 2.14. The minimum Gasteiger partial charge on any atom is -0.490 e. The maximum Gasteiger partial charge on any atom is 0.338 e. The Morgan fingerprint density at radius 3 is 2.62 bits per heavy atom. The van der Waals surface area contributed by atoms with Crippen LogP contribution < -0.4 is 9.47 Å². The van der Waals surface area contributed by atoms with E-state index in [4.69, 9.17) is 14.2 Å². The lowest BCUT2D eigenvalue weighted by Crippen LogP contribution is -2.07. The van der Waals surface area contributed by atoms with Crippen molar-refractivity contribution in [3.05, 3.63) is 59.5 Å². The number of imidazole rings is 1. The molecule has 2 aromatic heterocycles. The van der Waals surface area contributed by atoms with Crippen molar-refractivity contribution in [3.63, 3.8) is 0 Å². The molecule has 0 atom stereocenters. The fourth-order valence-electron chi connectivity index (χ4n) is 2.67. The molecule has 6 heteroatoms. The van der Waals surface area contributed by atoms with Crippen molar-refractivity contribution in [2.24, 2.45) is 0 Å². The van der Waals surface area contributed by atoms with Crippen molar-refractivity contribution in [2.45, 2.75) is 27.4 Å². The maximum absolute atomic E-state index is 12.4. The van der Waals surface area contributed by atoms with Crippen LogP contribution in [0.5, 0.6) is 11.5 Å². The molecule has 136 valence electrons. The van der Waals surface area contributed by atoms with Gasteiger partial charge in [-0.05, 0) is 50.6 Å². The second-order valence-corrected chi connectivity index (χ2v) is 5.76. The Bertz CT molecular complexity index is 917. The lowest BCUT2D eigenvalue weighted by molar-refractivity contribution is 0.0467. The average molecular weight is 354 g/mol. The van der Waals surface area contributed by atoms with Gasteiger partial charge in [-0.1, -0.05) is 6.07 Å². The second-order valence-electron chi connectivity index (χ2n) is 5.76. The van der Waals surface area contributed by atoms with Gasteiger partial charge in [-0.15, -0.1) is 0 Å². The Hall–Kier alpha value is -3.02. The van der Waals surface area contributed by atoms with Crippen LogP contribution >= 0.6 is 0 Å². The van der Waals surface area contributed by atoms with Crippen LogP contribution in [0.25, 0.3) is 5.65 Å². The summed E-state index contributed by atoms with van der Waals surface area (Å²) in [7, 11) is 0. The van der Waals surface area contributed by atoms with Crippen LogP contribution in [0.2, 0.25) is 0 Å². The van der Waals surface area contributed by atoms with Gasteiger partial charge in [0.1, 0.15) is 12.3 Å². The van der Waals surface area contributed by atoms with Gasteiger partial charge in [0, 0.05) is 12.4 Å². The first-order chi connectivity index (χ1) is 12.6. The summed E-state index contributed by atoms with van der Waals surface area (Å²) >= 11 is 0. The number of benzene rings is 1. The molecule has 0 aliphatic heterocycles. The zero-order chi connectivity index (χ0) is 18.5. The highest BCUT2D eigenvalue weighted by molar-refractivity contribution is 5.90. The van der Waals surface area contributed by atoms with Gasteiger partial charge in [0.05, 0.1) is 24.5 Å². The molecule has 2 heterocycles. The highest BCUT2D eigenvalue weighted by atomic mass is 16.5. The summed E-state index contributed by atoms with van der Waals surface area (Å²) in [5.74, 6) is 0.719. The summed E-state index contributed by atoms with van der Waals surface area (Å²) in [6.07, 6.45) is 3.78. The van der Waals surface area contributed by atoms with Crippen molar-refractivity contribution < 1.29 is 19.0 Å². The fraction of sp³-hybridized carbons (Fsp3) is 0.300. The number of hydrogen-bond acceptors (Lipinski definition) is 5. The Labute approximate surface area is 152 Å². The molecule has 0 amide bonds. The van der Waals surface area contributed by atoms with E-state index >= 15 is 0 Å². The smallest absolute Gasteiger partial charge is 0.338 e. The molecule has 0 aliphatic carbocycles. The molecule has 0 bridgehead atoms. The third-order valence-electron chi connectivity index (χ3n) is 3.86. The van der Waals surface area contributed by atoms with E-state index < -0.39 is 5.97 Å². The van der Waals surface area contributed by atoms with E-state index in [1.165, 1.54) is 0 Å². The van der Waals surface area contributed by atoms with Crippen molar-refractivity contribution >= 4 is 11.6 Å². The molecule has 0 saturated heterocycles. The van der Waals surface area contributed by atoms with Crippen LogP contribution in [0.4, 0.5) is 0 Å². The van der Waals surface area contributed by atoms with Crippen LogP contribution in [0.15, 0.2) is 42.7 Å². The van der Waals surface area contributed by atoms with Gasteiger partial charge in [0.2, 0.25) is 0 Å². The molecule has 0 saturated carbocycles. The number of carbonyl (C=O) groups is 1. The first-order valence-electron chi connectivity index (χ1n) is 8.62. The van der Waals surface area contributed by atoms with E-state index in [0.717, 1.165) is 11.2 Å². The molecule has 3 rings (SSSR count). The first kappa shape index (κ1) is 17.8. The number of carbonyl (C=O) groups excluding carboxylic acids is 1. The third-order valence-corrected chi connectivity index (χ3v) is 3.86. The van der Waals surface area contributed by atoms with Crippen molar-refractivity contribution in [2.75, 3.05) is 13.2 Å². The number of pyridine rings is 1. The second kappa shape index (κ2) is 7.91. The van der Waals surface area contributed by atoms with E-state index in [0.29, 0.717) is 36.0 Å². The van der Waals surface area contributed by atoms with E-state index in [1.54, 1.807) is 18.2 Å². The molecular weight excluding hydrogens is 332 g/mol. The summed E-state index contributed by atoms with van der Waals surface area (Å²) in [5.41, 5.74) is 3.04. The molecule has 1 aromatic carbocycles. The maximum atomic E-state index is 12.4. The molecule has 6 nitrogen and oxygen atoms in total. The SMILES string of the molecule is CCOc1ccc(C(=O)OCc2cn3cccc(C)c3n2)cc1OCC. The molecule has 26 heavy (non-hydrogen) atoms. The summed E-state index contributed by atoms with van der Waals surface area (Å²) in [5, 5.41) is 0. The van der Waals surface area contributed by atoms with Gasteiger partial charge in [-0.2, -0.15) is 0 Å². The lowest BCUT2D eigenvalue weighted by atomic mass is 10.2. The van der Waals surface area contributed by atoms with E-state index in [-0.39, 0.29) is 6.61 Å². The number of rotatable bonds is 7. The number of hydrogen-bond donors (Lipinski definition) is 0. The number of esters is 1. The molecule has 0 unspecified atom stereocenters. The predicted octanol–water partition coefficient (Wildman–Crippen LogP) is 3.80. The zero-order valence-corrected chi connectivity index (χ0v) is 15.2. The van der Waals surface area contributed by atoms with Gasteiger partial charge in [0.15, 0.2) is 11.5 Å². The van der Waals surface area contributed by atoms with Crippen LogP contribution in [0.1, 0.15) is 35.5 Å². The average Bonchev–Trinajstić information content (AvgIpc) is 3.06. The van der Waals surface area contributed by atoms with E-state index in [9.17, 15) is 4.79 Å². The Morgan fingerprint density at radius 1 is 1.12 bits per heavy atom. The quantitative estimate of drug-likeness (QED) is 0.604. The van der Waals surface area contributed by atoms with Gasteiger partial charge in [-0.25, -0.2) is 9.78 Å². The van der Waals surface area contributed by atoms with Crippen LogP contribution in [-0.4, -0.2) is 28.6 Å². The zero-order valence-electron chi connectivity index (χ0n) is 15.2. The van der Waals surface area contributed by atoms with E-state index in [1.807, 2.05) is 49.7 Å². The van der Waals surface area contributed by atoms with Crippen LogP contribution in [0.3, 0.4) is 0 Å². The monoisotopic (exact) mass is 354 g/mol. The van der Waals surface area contributed by atoms with Crippen LogP contribution in [0, 0.1) is 6.92 Å². The minimum absolute atomic E-state index is 0.108. The number of fused-ring (bicyclic) bond motifs is 1. The fourth-order valence-corrected chi connectivity index (χ4v) is 2.67. The third kappa shape index (κ3) is 3.79.